The highest BCUT2D eigenvalue weighted by molar-refractivity contribution is 6.67. The summed E-state index contributed by atoms with van der Waals surface area (Å²) in [5, 5.41) is 0. The van der Waals surface area contributed by atoms with Crippen molar-refractivity contribution in [3.05, 3.63) is 0 Å². The molecule has 14 heavy (non-hydrogen) atoms. The molecule has 0 heterocycles. The van der Waals surface area contributed by atoms with Gasteiger partial charge in [-0.15, -0.1) is 0 Å². The molecule has 0 saturated heterocycles. The lowest BCUT2D eigenvalue weighted by Crippen LogP contribution is -2.42. The first-order chi connectivity index (χ1) is 6.49. The maximum Gasteiger partial charge on any atom is 0.338 e. The van der Waals surface area contributed by atoms with Crippen LogP contribution in [0, 0.1) is 11.8 Å². The molecule has 0 spiro atoms. The van der Waals surface area contributed by atoms with Crippen molar-refractivity contribution < 1.29 is 8.85 Å². The third-order valence-electron chi connectivity index (χ3n) is 2.82. The first kappa shape index (κ1) is 14.1. The van der Waals surface area contributed by atoms with Gasteiger partial charge in [-0.1, -0.05) is 34.1 Å². The molecule has 0 aliphatic heterocycles. The molecule has 0 saturated carbocycles. The van der Waals surface area contributed by atoms with Gasteiger partial charge in [0.1, 0.15) is 0 Å². The fraction of sp³-hybridized carbons (Fsp3) is 1.00. The molecule has 0 bridgehead atoms. The van der Waals surface area contributed by atoms with Gasteiger partial charge >= 0.3 is 8.56 Å². The molecule has 0 aliphatic rings. The molecule has 0 fully saturated rings. The zero-order valence-electron chi connectivity index (χ0n) is 10.6. The van der Waals surface area contributed by atoms with Gasteiger partial charge in [0, 0.05) is 14.2 Å². The smallest absolute Gasteiger partial charge is 0.338 e. The summed E-state index contributed by atoms with van der Waals surface area (Å²) in [5.74, 6) is 1.37. The summed E-state index contributed by atoms with van der Waals surface area (Å²) in [6.45, 7) is 8.97. The van der Waals surface area contributed by atoms with Crippen LogP contribution >= 0.6 is 0 Å². The van der Waals surface area contributed by atoms with Crippen molar-refractivity contribution >= 4 is 8.56 Å². The lowest BCUT2D eigenvalue weighted by molar-refractivity contribution is 0.229. The Kier molecular flexibility index (Phi) is 6.65. The molecule has 0 radical (unpaired) electrons. The van der Waals surface area contributed by atoms with Crippen LogP contribution in [0.5, 0.6) is 0 Å². The van der Waals surface area contributed by atoms with Gasteiger partial charge in [-0.2, -0.15) is 0 Å². The van der Waals surface area contributed by atoms with Crippen molar-refractivity contribution in [1.82, 2.24) is 0 Å². The summed E-state index contributed by atoms with van der Waals surface area (Å²) >= 11 is 0. The molecular weight excluding hydrogens is 192 g/mol. The van der Waals surface area contributed by atoms with Crippen LogP contribution in [0.25, 0.3) is 0 Å². The van der Waals surface area contributed by atoms with E-state index < -0.39 is 8.56 Å². The summed E-state index contributed by atoms with van der Waals surface area (Å²) in [4.78, 5) is 0. The van der Waals surface area contributed by atoms with E-state index in [1.807, 2.05) is 0 Å². The van der Waals surface area contributed by atoms with Crippen LogP contribution in [-0.4, -0.2) is 22.8 Å². The zero-order valence-corrected chi connectivity index (χ0v) is 11.6. The Morgan fingerprint density at radius 1 is 1.00 bits per heavy atom. The molecule has 0 rings (SSSR count). The summed E-state index contributed by atoms with van der Waals surface area (Å²) < 4.78 is 11.4. The lowest BCUT2D eigenvalue weighted by Gasteiger charge is -2.31. The van der Waals surface area contributed by atoms with Gasteiger partial charge in [-0.05, 0) is 23.9 Å². The maximum absolute atomic E-state index is 5.69. The molecule has 2 nitrogen and oxygen atoms in total. The van der Waals surface area contributed by atoms with Gasteiger partial charge in [-0.3, -0.25) is 0 Å². The van der Waals surface area contributed by atoms with Crippen molar-refractivity contribution in [2.75, 3.05) is 14.2 Å². The Balaban J connectivity index is 4.36. The van der Waals surface area contributed by atoms with Crippen molar-refractivity contribution in [3.8, 4) is 0 Å². The minimum Gasteiger partial charge on any atom is -0.398 e. The van der Waals surface area contributed by atoms with Crippen molar-refractivity contribution in [2.24, 2.45) is 11.8 Å². The molecule has 0 aliphatic carbocycles. The summed E-state index contributed by atoms with van der Waals surface area (Å²) in [5.41, 5.74) is 0. The molecule has 1 unspecified atom stereocenters. The van der Waals surface area contributed by atoms with E-state index in [1.54, 1.807) is 14.2 Å². The fourth-order valence-corrected chi connectivity index (χ4v) is 5.39. The fourth-order valence-electron chi connectivity index (χ4n) is 1.80. The maximum atomic E-state index is 5.69. The normalized spacial score (nSPS) is 14.8. The predicted octanol–water partition coefficient (Wildman–Crippen LogP) is 3.42. The molecule has 1 atom stereocenters. The monoisotopic (exact) mass is 218 g/mol. The summed E-state index contributed by atoms with van der Waals surface area (Å²) in [6.07, 6.45) is 1.21. The number of rotatable bonds is 7. The minimum absolute atomic E-state index is 0.658. The van der Waals surface area contributed by atoms with Gasteiger partial charge in [0.15, 0.2) is 0 Å². The van der Waals surface area contributed by atoms with E-state index in [1.165, 1.54) is 6.42 Å². The first-order valence-electron chi connectivity index (χ1n) is 5.60. The molecule has 3 heteroatoms. The molecule has 0 N–H and O–H groups in total. The minimum atomic E-state index is -1.89. The predicted molar refractivity (Wildman–Crippen MR) is 63.7 cm³/mol. The Morgan fingerprint density at radius 3 is 1.79 bits per heavy atom. The van der Waals surface area contributed by atoms with Crippen LogP contribution in [0.2, 0.25) is 12.1 Å². The van der Waals surface area contributed by atoms with E-state index in [-0.39, 0.29) is 0 Å². The highest BCUT2D eigenvalue weighted by Crippen LogP contribution is 2.27. The summed E-state index contributed by atoms with van der Waals surface area (Å²) in [7, 11) is 1.72. The van der Waals surface area contributed by atoms with Gasteiger partial charge < -0.3 is 8.85 Å². The zero-order chi connectivity index (χ0) is 11.2. The van der Waals surface area contributed by atoms with Crippen LogP contribution in [0.4, 0.5) is 0 Å². The van der Waals surface area contributed by atoms with Crippen LogP contribution in [-0.2, 0) is 8.85 Å². The number of hydrogen-bond donors (Lipinski definition) is 0. The second kappa shape index (κ2) is 6.59. The molecule has 0 amide bonds. The lowest BCUT2D eigenvalue weighted by atomic mass is 10.2. The number of hydrogen-bond acceptors (Lipinski definition) is 2. The van der Waals surface area contributed by atoms with Gasteiger partial charge in [0.2, 0.25) is 0 Å². The Hall–Kier alpha value is 0.137. The Labute approximate surface area is 90.2 Å². The van der Waals surface area contributed by atoms with Crippen molar-refractivity contribution in [2.45, 2.75) is 46.2 Å². The third-order valence-corrected chi connectivity index (χ3v) is 7.07. The summed E-state index contributed by atoms with van der Waals surface area (Å²) in [6, 6.07) is 2.22. The highest BCUT2D eigenvalue weighted by atomic mass is 28.4. The van der Waals surface area contributed by atoms with Crippen LogP contribution in [0.1, 0.15) is 34.1 Å². The topological polar surface area (TPSA) is 18.5 Å². The standard InChI is InChI=1S/C11H26O2Si/c1-7-11(4)9-14(12-5,13-6)8-10(2)3/h10-11H,7-9H2,1-6H3. The van der Waals surface area contributed by atoms with E-state index in [9.17, 15) is 0 Å². The first-order valence-corrected chi connectivity index (χ1v) is 7.83. The van der Waals surface area contributed by atoms with Crippen LogP contribution < -0.4 is 0 Å². The SMILES string of the molecule is CCC(C)C[Si](CC(C)C)(OC)OC. The highest BCUT2D eigenvalue weighted by Gasteiger charge is 2.37. The van der Waals surface area contributed by atoms with E-state index in [2.05, 4.69) is 27.7 Å². The third kappa shape index (κ3) is 4.58. The molecule has 86 valence electrons. The average Bonchev–Trinajstić information content (AvgIpc) is 2.15. The van der Waals surface area contributed by atoms with Crippen LogP contribution in [0.15, 0.2) is 0 Å². The van der Waals surface area contributed by atoms with E-state index in [0.29, 0.717) is 11.8 Å². The largest absolute Gasteiger partial charge is 0.398 e. The van der Waals surface area contributed by atoms with E-state index >= 15 is 0 Å². The van der Waals surface area contributed by atoms with Crippen LogP contribution in [0.3, 0.4) is 0 Å². The van der Waals surface area contributed by atoms with E-state index in [4.69, 9.17) is 8.85 Å². The molecule has 0 aromatic heterocycles. The van der Waals surface area contributed by atoms with Gasteiger partial charge in [-0.25, -0.2) is 0 Å². The van der Waals surface area contributed by atoms with Crippen molar-refractivity contribution in [3.63, 3.8) is 0 Å². The second-order valence-corrected chi connectivity index (χ2v) is 8.09. The quantitative estimate of drug-likeness (QED) is 0.610. The molecule has 0 aromatic carbocycles. The van der Waals surface area contributed by atoms with Gasteiger partial charge in [0.25, 0.3) is 0 Å². The molecular formula is C11H26O2Si. The second-order valence-electron chi connectivity index (χ2n) is 4.63. The van der Waals surface area contributed by atoms with E-state index in [0.717, 1.165) is 12.1 Å². The van der Waals surface area contributed by atoms with Gasteiger partial charge in [0.05, 0.1) is 0 Å². The Morgan fingerprint density at radius 2 is 1.50 bits per heavy atom. The van der Waals surface area contributed by atoms with Crippen molar-refractivity contribution in [1.29, 1.82) is 0 Å². The average molecular weight is 218 g/mol. The molecule has 0 aromatic rings. The Bertz CT molecular complexity index is 144.